The van der Waals surface area contributed by atoms with Gasteiger partial charge in [-0.25, -0.2) is 4.79 Å². The second-order valence-corrected chi connectivity index (χ2v) is 5.11. The molecule has 1 aromatic heterocycles. The van der Waals surface area contributed by atoms with E-state index in [1.165, 1.54) is 17.8 Å². The van der Waals surface area contributed by atoms with Crippen molar-refractivity contribution < 1.29 is 9.53 Å². The maximum atomic E-state index is 10.0. The maximum Gasteiger partial charge on any atom is 0.417 e. The minimum absolute atomic E-state index is 0.159. The molecule has 0 atom stereocenters. The van der Waals surface area contributed by atoms with Gasteiger partial charge in [0.05, 0.1) is 15.1 Å². The van der Waals surface area contributed by atoms with Crippen molar-refractivity contribution in [3.8, 4) is 0 Å². The van der Waals surface area contributed by atoms with Gasteiger partial charge in [-0.15, -0.1) is 11.3 Å². The summed E-state index contributed by atoms with van der Waals surface area (Å²) in [7, 11) is 0. The zero-order valence-corrected chi connectivity index (χ0v) is 10.8. The van der Waals surface area contributed by atoms with Crippen LogP contribution in [-0.2, 0) is 16.1 Å². The number of fused-ring (bicyclic) bond motifs is 1. The highest BCUT2D eigenvalue weighted by molar-refractivity contribution is 7.11. The Balaban J connectivity index is 2.59. The summed E-state index contributed by atoms with van der Waals surface area (Å²) < 4.78 is 4.58. The molecule has 83 valence electrons. The fourth-order valence-electron chi connectivity index (χ4n) is 1.36. The fraction of sp³-hybridized carbons (Fsp3) is 0.100. The lowest BCUT2D eigenvalue weighted by Gasteiger charge is -2.02. The molecule has 1 radical (unpaired) electrons. The summed E-state index contributed by atoms with van der Waals surface area (Å²) in [4.78, 5) is 10.9. The summed E-state index contributed by atoms with van der Waals surface area (Å²) in [5.74, 6) is 0. The number of hydrogen-bond acceptors (Lipinski definition) is 3. The molecule has 0 saturated heterocycles. The largest absolute Gasteiger partial charge is 0.452 e. The topological polar surface area (TPSA) is 26.3 Å². The van der Waals surface area contributed by atoms with E-state index in [1.807, 2.05) is 5.38 Å². The van der Waals surface area contributed by atoms with E-state index >= 15 is 0 Å². The SMILES string of the molecule is O=[C]OCc1scc2c(Cl)c(Cl)c(Cl)cc12. The average molecular weight is 295 g/mol. The summed E-state index contributed by atoms with van der Waals surface area (Å²) in [6.45, 7) is 1.53. The molecule has 0 amide bonds. The Kier molecular flexibility index (Phi) is 3.60. The van der Waals surface area contributed by atoms with Crippen LogP contribution in [0.5, 0.6) is 0 Å². The van der Waals surface area contributed by atoms with E-state index in [1.54, 1.807) is 6.07 Å². The summed E-state index contributed by atoms with van der Waals surface area (Å²) in [5, 5.41) is 4.65. The molecule has 1 aromatic carbocycles. The van der Waals surface area contributed by atoms with Crippen LogP contribution >= 0.6 is 46.1 Å². The van der Waals surface area contributed by atoms with Crippen LogP contribution in [0.15, 0.2) is 11.4 Å². The quantitative estimate of drug-likeness (QED) is 0.782. The van der Waals surface area contributed by atoms with Gasteiger partial charge in [-0.05, 0) is 6.07 Å². The van der Waals surface area contributed by atoms with Crippen LogP contribution in [0.3, 0.4) is 0 Å². The Morgan fingerprint density at radius 2 is 2.00 bits per heavy atom. The van der Waals surface area contributed by atoms with Crippen LogP contribution in [0.2, 0.25) is 15.1 Å². The molecule has 6 heteroatoms. The van der Waals surface area contributed by atoms with Gasteiger partial charge in [-0.2, -0.15) is 0 Å². The number of ether oxygens (including phenoxy) is 1. The van der Waals surface area contributed by atoms with Crippen LogP contribution in [0.25, 0.3) is 10.8 Å². The lowest BCUT2D eigenvalue weighted by atomic mass is 10.2. The molecule has 0 unspecified atom stereocenters. The summed E-state index contributed by atoms with van der Waals surface area (Å²) >= 11 is 19.3. The zero-order valence-electron chi connectivity index (χ0n) is 7.72. The first-order valence-corrected chi connectivity index (χ1v) is 6.19. The molecule has 0 aliphatic carbocycles. The highest BCUT2D eigenvalue weighted by Crippen LogP contribution is 2.40. The molecule has 0 spiro atoms. The third-order valence-corrected chi connectivity index (χ3v) is 4.33. The van der Waals surface area contributed by atoms with Crippen LogP contribution in [0.4, 0.5) is 0 Å². The molecule has 2 aromatic rings. The first-order chi connectivity index (χ1) is 7.65. The minimum Gasteiger partial charge on any atom is -0.452 e. The van der Waals surface area contributed by atoms with Crippen molar-refractivity contribution in [3.63, 3.8) is 0 Å². The van der Waals surface area contributed by atoms with E-state index in [2.05, 4.69) is 4.74 Å². The molecule has 0 fully saturated rings. The molecular formula is C10H4Cl3O2S. The predicted octanol–water partition coefficient (Wildman–Crippen LogP) is 4.45. The van der Waals surface area contributed by atoms with Gasteiger partial charge in [0, 0.05) is 21.0 Å². The van der Waals surface area contributed by atoms with Gasteiger partial charge in [-0.3, -0.25) is 0 Å². The molecule has 0 bridgehead atoms. The Morgan fingerprint density at radius 3 is 2.69 bits per heavy atom. The summed E-state index contributed by atoms with van der Waals surface area (Å²) in [6.07, 6.45) is 0. The number of halogens is 3. The van der Waals surface area contributed by atoms with E-state index in [0.717, 1.165) is 15.6 Å². The van der Waals surface area contributed by atoms with Gasteiger partial charge in [0.25, 0.3) is 0 Å². The molecule has 16 heavy (non-hydrogen) atoms. The average Bonchev–Trinajstić information content (AvgIpc) is 2.66. The number of hydrogen-bond donors (Lipinski definition) is 0. The smallest absolute Gasteiger partial charge is 0.417 e. The lowest BCUT2D eigenvalue weighted by molar-refractivity contribution is 0.271. The first kappa shape index (κ1) is 12.0. The molecule has 0 aliphatic heterocycles. The molecule has 1 heterocycles. The van der Waals surface area contributed by atoms with Crippen molar-refractivity contribution in [2.75, 3.05) is 0 Å². The number of benzene rings is 1. The van der Waals surface area contributed by atoms with Crippen LogP contribution in [0.1, 0.15) is 4.88 Å². The Hall–Kier alpha value is -0.480. The standard InChI is InChI=1S/C10H4Cl3O2S/c11-7-1-5-6(9(12)10(7)13)3-16-8(5)2-15-4-14/h1,3H,2H2. The van der Waals surface area contributed by atoms with Crippen LogP contribution < -0.4 is 0 Å². The predicted molar refractivity (Wildman–Crippen MR) is 67.3 cm³/mol. The van der Waals surface area contributed by atoms with Crippen molar-refractivity contribution in [2.24, 2.45) is 0 Å². The van der Waals surface area contributed by atoms with Crippen molar-refractivity contribution >= 4 is 63.4 Å². The molecular weight excluding hydrogens is 291 g/mol. The highest BCUT2D eigenvalue weighted by Gasteiger charge is 2.13. The molecule has 2 rings (SSSR count). The van der Waals surface area contributed by atoms with Gasteiger partial charge in [-0.1, -0.05) is 34.8 Å². The third kappa shape index (κ3) is 2.00. The summed E-state index contributed by atoms with van der Waals surface area (Å²) in [5.41, 5.74) is 0. The fourth-order valence-corrected chi connectivity index (χ4v) is 3.01. The van der Waals surface area contributed by atoms with E-state index in [-0.39, 0.29) is 6.61 Å². The van der Waals surface area contributed by atoms with E-state index < -0.39 is 0 Å². The van der Waals surface area contributed by atoms with Gasteiger partial charge in [0.2, 0.25) is 0 Å². The Labute approximate surface area is 111 Å². The number of thiophene rings is 1. The van der Waals surface area contributed by atoms with Gasteiger partial charge >= 0.3 is 6.47 Å². The van der Waals surface area contributed by atoms with Gasteiger partial charge in [0.15, 0.2) is 0 Å². The molecule has 0 aliphatic rings. The highest BCUT2D eigenvalue weighted by atomic mass is 35.5. The van der Waals surface area contributed by atoms with Crippen molar-refractivity contribution in [2.45, 2.75) is 6.61 Å². The van der Waals surface area contributed by atoms with Gasteiger partial charge < -0.3 is 4.74 Å². The van der Waals surface area contributed by atoms with E-state index in [4.69, 9.17) is 34.8 Å². The van der Waals surface area contributed by atoms with Crippen LogP contribution in [0, 0.1) is 0 Å². The minimum atomic E-state index is 0.159. The van der Waals surface area contributed by atoms with Crippen molar-refractivity contribution in [1.82, 2.24) is 0 Å². The van der Waals surface area contributed by atoms with E-state index in [0.29, 0.717) is 15.1 Å². The lowest BCUT2D eigenvalue weighted by Crippen LogP contribution is -1.87. The molecule has 2 nitrogen and oxygen atoms in total. The zero-order chi connectivity index (χ0) is 11.7. The van der Waals surface area contributed by atoms with Crippen LogP contribution in [-0.4, -0.2) is 6.47 Å². The second kappa shape index (κ2) is 4.80. The summed E-state index contributed by atoms with van der Waals surface area (Å²) in [6, 6.07) is 1.71. The van der Waals surface area contributed by atoms with Crippen molar-refractivity contribution in [3.05, 3.63) is 31.4 Å². The molecule has 0 N–H and O–H groups in total. The van der Waals surface area contributed by atoms with E-state index in [9.17, 15) is 4.79 Å². The third-order valence-electron chi connectivity index (χ3n) is 2.08. The second-order valence-electron chi connectivity index (χ2n) is 2.98. The monoisotopic (exact) mass is 293 g/mol. The Bertz CT molecular complexity index is 550. The molecule has 0 saturated carbocycles. The van der Waals surface area contributed by atoms with Gasteiger partial charge in [0.1, 0.15) is 6.61 Å². The first-order valence-electron chi connectivity index (χ1n) is 4.17. The Morgan fingerprint density at radius 1 is 1.25 bits per heavy atom. The number of rotatable bonds is 3. The maximum absolute atomic E-state index is 10.0. The normalized spacial score (nSPS) is 10.7. The van der Waals surface area contributed by atoms with Crippen molar-refractivity contribution in [1.29, 1.82) is 0 Å². The number of carbonyl (C=O) groups excluding carboxylic acids is 1.